The van der Waals surface area contributed by atoms with Crippen LogP contribution in [0.3, 0.4) is 0 Å². The van der Waals surface area contributed by atoms with Gasteiger partial charge >= 0.3 is 0 Å². The Morgan fingerprint density at radius 3 is 2.39 bits per heavy atom. The van der Waals surface area contributed by atoms with Gasteiger partial charge in [-0.1, -0.05) is 17.7 Å². The van der Waals surface area contributed by atoms with Gasteiger partial charge in [0.2, 0.25) is 5.95 Å². The van der Waals surface area contributed by atoms with Crippen molar-refractivity contribution >= 4 is 21.4 Å². The SMILES string of the molecule is Cc1cnc(-c2cccc(S(C)(=O)=O)c2F)c(F)c1-n1c(C)cc([C@@H]2CC2c2cn(C)nc2F)c(Cl)c1=O. The quantitative estimate of drug-likeness (QED) is 0.342. The lowest BCUT2D eigenvalue weighted by Crippen LogP contribution is -2.24. The molecular weight excluding hydrogens is 541 g/mol. The van der Waals surface area contributed by atoms with Crippen molar-refractivity contribution in [3.8, 4) is 16.9 Å². The zero-order valence-electron chi connectivity index (χ0n) is 20.8. The third-order valence-corrected chi connectivity index (χ3v) is 8.27. The summed E-state index contributed by atoms with van der Waals surface area (Å²) in [4.78, 5) is 16.9. The summed E-state index contributed by atoms with van der Waals surface area (Å²) in [5.41, 5.74) is -0.0803. The zero-order chi connectivity index (χ0) is 27.7. The maximum atomic E-state index is 16.0. The maximum absolute atomic E-state index is 16.0. The molecule has 1 unspecified atom stereocenters. The fourth-order valence-corrected chi connectivity index (χ4v) is 5.94. The molecule has 0 bridgehead atoms. The van der Waals surface area contributed by atoms with Gasteiger partial charge < -0.3 is 0 Å². The number of sulfone groups is 1. The predicted molar refractivity (Wildman–Crippen MR) is 136 cm³/mol. The van der Waals surface area contributed by atoms with Crippen LogP contribution in [0.25, 0.3) is 16.9 Å². The van der Waals surface area contributed by atoms with Crippen LogP contribution in [0.4, 0.5) is 13.2 Å². The second-order valence-corrected chi connectivity index (χ2v) is 11.9. The summed E-state index contributed by atoms with van der Waals surface area (Å²) in [6.07, 6.45) is 4.29. The first kappa shape index (κ1) is 26.2. The summed E-state index contributed by atoms with van der Waals surface area (Å²) in [6.45, 7) is 3.14. The zero-order valence-corrected chi connectivity index (χ0v) is 22.3. The molecule has 0 N–H and O–H groups in total. The summed E-state index contributed by atoms with van der Waals surface area (Å²) in [7, 11) is -2.31. The van der Waals surface area contributed by atoms with Crippen LogP contribution in [0.2, 0.25) is 5.02 Å². The second-order valence-electron chi connectivity index (χ2n) is 9.54. The standard InChI is InChI=1S/C26H22ClF3N4O3S/c1-12-10-31-23(14-6-5-7-19(21(14)28)38(4,36)37)22(29)24(12)34-13(2)8-17(20(27)26(34)35)15-9-16(15)18-11-33(3)32-25(18)30/h5-8,10-11,15-16H,9H2,1-4H3/t15-,16?/m1/s1. The van der Waals surface area contributed by atoms with Gasteiger partial charge in [0, 0.05) is 42.5 Å². The Morgan fingerprint density at radius 1 is 1.08 bits per heavy atom. The van der Waals surface area contributed by atoms with Gasteiger partial charge in [0.25, 0.3) is 5.56 Å². The van der Waals surface area contributed by atoms with Crippen molar-refractivity contribution in [2.45, 2.75) is 37.0 Å². The molecule has 2 atom stereocenters. The molecular formula is C26H22ClF3N4O3S. The minimum atomic E-state index is -3.93. The van der Waals surface area contributed by atoms with Crippen molar-refractivity contribution in [2.75, 3.05) is 6.26 Å². The average Bonchev–Trinajstić information content (AvgIpc) is 3.54. The molecule has 198 valence electrons. The second kappa shape index (κ2) is 9.09. The molecule has 0 amide bonds. The topological polar surface area (TPSA) is 86.8 Å². The summed E-state index contributed by atoms with van der Waals surface area (Å²) in [5, 5.41) is 3.60. The molecule has 1 aliphatic carbocycles. The first-order valence-electron chi connectivity index (χ1n) is 11.6. The van der Waals surface area contributed by atoms with E-state index in [2.05, 4.69) is 10.1 Å². The molecule has 1 saturated carbocycles. The number of pyridine rings is 2. The highest BCUT2D eigenvalue weighted by atomic mass is 35.5. The fraction of sp³-hybridized carbons (Fsp3) is 0.269. The van der Waals surface area contributed by atoms with Crippen LogP contribution < -0.4 is 5.56 Å². The fourth-order valence-electron chi connectivity index (χ4n) is 4.90. The van der Waals surface area contributed by atoms with Crippen LogP contribution in [0.5, 0.6) is 0 Å². The average molecular weight is 563 g/mol. The molecule has 38 heavy (non-hydrogen) atoms. The largest absolute Gasteiger partial charge is 0.277 e. The number of aromatic nitrogens is 4. The van der Waals surface area contributed by atoms with Gasteiger partial charge in [-0.25, -0.2) is 17.2 Å². The Bertz CT molecular complexity index is 1800. The smallest absolute Gasteiger partial charge is 0.274 e. The van der Waals surface area contributed by atoms with E-state index in [1.165, 1.54) is 29.9 Å². The van der Waals surface area contributed by atoms with E-state index < -0.39 is 43.6 Å². The number of halogens is 4. The van der Waals surface area contributed by atoms with Gasteiger partial charge in [0.1, 0.15) is 15.6 Å². The van der Waals surface area contributed by atoms with Gasteiger partial charge in [-0.15, -0.1) is 5.10 Å². The minimum absolute atomic E-state index is 0.130. The van der Waals surface area contributed by atoms with Gasteiger partial charge in [-0.3, -0.25) is 19.0 Å². The molecule has 0 aliphatic heterocycles. The van der Waals surface area contributed by atoms with Crippen molar-refractivity contribution in [1.29, 1.82) is 0 Å². The van der Waals surface area contributed by atoms with Gasteiger partial charge in [-0.2, -0.15) is 4.39 Å². The first-order valence-corrected chi connectivity index (χ1v) is 13.8. The van der Waals surface area contributed by atoms with Crippen molar-refractivity contribution in [3.63, 3.8) is 0 Å². The molecule has 0 spiro atoms. The van der Waals surface area contributed by atoms with E-state index in [1.54, 1.807) is 26.2 Å². The van der Waals surface area contributed by atoms with E-state index in [9.17, 15) is 17.6 Å². The minimum Gasteiger partial charge on any atom is -0.277 e. The third kappa shape index (κ3) is 4.23. The maximum Gasteiger partial charge on any atom is 0.274 e. The summed E-state index contributed by atoms with van der Waals surface area (Å²) in [6, 6.07) is 5.24. The van der Waals surface area contributed by atoms with E-state index in [4.69, 9.17) is 11.6 Å². The molecule has 12 heteroatoms. The Morgan fingerprint density at radius 2 is 1.76 bits per heavy atom. The van der Waals surface area contributed by atoms with Crippen molar-refractivity contribution in [3.05, 3.63) is 92.0 Å². The number of hydrogen-bond acceptors (Lipinski definition) is 5. The van der Waals surface area contributed by atoms with E-state index in [-0.39, 0.29) is 33.7 Å². The highest BCUT2D eigenvalue weighted by Gasteiger charge is 2.44. The van der Waals surface area contributed by atoms with Crippen LogP contribution in [0, 0.1) is 31.4 Å². The molecule has 7 nitrogen and oxygen atoms in total. The van der Waals surface area contributed by atoms with Crippen molar-refractivity contribution in [1.82, 2.24) is 19.3 Å². The lowest BCUT2D eigenvalue weighted by atomic mass is 10.0. The molecule has 0 saturated heterocycles. The summed E-state index contributed by atoms with van der Waals surface area (Å²) in [5.74, 6) is -3.11. The molecule has 4 aromatic rings. The lowest BCUT2D eigenvalue weighted by Gasteiger charge is -2.18. The Hall–Kier alpha value is -3.44. The van der Waals surface area contributed by atoms with Gasteiger partial charge in [-0.05, 0) is 61.4 Å². The predicted octanol–water partition coefficient (Wildman–Crippen LogP) is 5.00. The van der Waals surface area contributed by atoms with E-state index in [0.29, 0.717) is 23.2 Å². The van der Waals surface area contributed by atoms with Crippen molar-refractivity contribution in [2.24, 2.45) is 7.05 Å². The summed E-state index contributed by atoms with van der Waals surface area (Å²) >= 11 is 6.50. The van der Waals surface area contributed by atoms with Crippen LogP contribution in [-0.2, 0) is 16.9 Å². The number of benzene rings is 1. The van der Waals surface area contributed by atoms with Crippen LogP contribution in [0.1, 0.15) is 40.6 Å². The highest BCUT2D eigenvalue weighted by Crippen LogP contribution is 2.56. The van der Waals surface area contributed by atoms with Gasteiger partial charge in [0.15, 0.2) is 21.5 Å². The normalized spacial score (nSPS) is 17.2. The van der Waals surface area contributed by atoms with E-state index in [1.807, 2.05) is 0 Å². The monoisotopic (exact) mass is 562 g/mol. The first-order chi connectivity index (χ1) is 17.8. The number of nitrogens with zero attached hydrogens (tertiary/aromatic N) is 4. The molecule has 3 aromatic heterocycles. The third-order valence-electron chi connectivity index (χ3n) is 6.78. The highest BCUT2D eigenvalue weighted by molar-refractivity contribution is 7.90. The van der Waals surface area contributed by atoms with E-state index in [0.717, 1.165) is 16.9 Å². The van der Waals surface area contributed by atoms with Crippen LogP contribution in [-0.4, -0.2) is 34.0 Å². The van der Waals surface area contributed by atoms with Crippen LogP contribution in [0.15, 0.2) is 46.3 Å². The number of rotatable bonds is 5. The Balaban J connectivity index is 1.63. The van der Waals surface area contributed by atoms with E-state index >= 15 is 8.78 Å². The lowest BCUT2D eigenvalue weighted by molar-refractivity contribution is 0.544. The Labute approximate surface area is 221 Å². The molecule has 1 fully saturated rings. The molecule has 3 heterocycles. The van der Waals surface area contributed by atoms with Crippen LogP contribution >= 0.6 is 11.6 Å². The molecule has 1 aromatic carbocycles. The summed E-state index contributed by atoms with van der Waals surface area (Å²) < 4.78 is 71.7. The number of aryl methyl sites for hydroxylation is 3. The molecule has 0 radical (unpaired) electrons. The number of hydrogen-bond donors (Lipinski definition) is 0. The molecule has 5 rings (SSSR count). The van der Waals surface area contributed by atoms with Crippen molar-refractivity contribution < 1.29 is 21.6 Å². The molecule has 1 aliphatic rings. The van der Waals surface area contributed by atoms with Gasteiger partial charge in [0.05, 0.1) is 5.69 Å². The Kier molecular flexibility index (Phi) is 6.26.